The Morgan fingerprint density at radius 1 is 1.25 bits per heavy atom. The topological polar surface area (TPSA) is 76.7 Å². The summed E-state index contributed by atoms with van der Waals surface area (Å²) in [7, 11) is 1.49. The predicted molar refractivity (Wildman–Crippen MR) is 90.0 cm³/mol. The van der Waals surface area contributed by atoms with Crippen molar-refractivity contribution in [3.63, 3.8) is 0 Å². The first-order valence-corrected chi connectivity index (χ1v) is 7.58. The minimum atomic E-state index is -0.715. The maximum Gasteiger partial charge on any atom is 0.265 e. The molecule has 1 heterocycles. The molecule has 3 rings (SSSR count). The Hall–Kier alpha value is -2.86. The van der Waals surface area contributed by atoms with Crippen LogP contribution in [0.3, 0.4) is 0 Å². The molecule has 0 radical (unpaired) electrons. The fourth-order valence-corrected chi connectivity index (χ4v) is 2.52. The van der Waals surface area contributed by atoms with Crippen LogP contribution in [0.4, 0.5) is 11.4 Å². The summed E-state index contributed by atoms with van der Waals surface area (Å²) < 4.78 is 10.8. The standard InChI is InChI=1S/C18H18N2O4/c1-11-17(21)20-14-10-13(8-9-15(14)24-11)19-18(22)16(23-2)12-6-4-3-5-7-12/h3-11,16H,1-2H3,(H,19,22)(H,20,21). The van der Waals surface area contributed by atoms with Gasteiger partial charge in [0.25, 0.3) is 11.8 Å². The molecule has 2 atom stereocenters. The second kappa shape index (κ2) is 6.72. The SMILES string of the molecule is COC(C(=O)Nc1ccc2c(c1)NC(=O)C(C)O2)c1ccccc1. The van der Waals surface area contributed by atoms with Crippen molar-refractivity contribution >= 4 is 23.2 Å². The maximum absolute atomic E-state index is 12.5. The third-order valence-electron chi connectivity index (χ3n) is 3.75. The minimum Gasteiger partial charge on any atom is -0.479 e. The maximum atomic E-state index is 12.5. The van der Waals surface area contributed by atoms with Crippen molar-refractivity contribution in [1.29, 1.82) is 0 Å². The van der Waals surface area contributed by atoms with Crippen LogP contribution in [0.25, 0.3) is 0 Å². The Bertz CT molecular complexity index is 761. The molecule has 0 saturated heterocycles. The van der Waals surface area contributed by atoms with Gasteiger partial charge in [-0.15, -0.1) is 0 Å². The fraction of sp³-hybridized carbons (Fsp3) is 0.222. The highest BCUT2D eigenvalue weighted by molar-refractivity contribution is 6.00. The third kappa shape index (κ3) is 3.23. The monoisotopic (exact) mass is 326 g/mol. The molecule has 24 heavy (non-hydrogen) atoms. The zero-order chi connectivity index (χ0) is 17.1. The van der Waals surface area contributed by atoms with Gasteiger partial charge in [0.2, 0.25) is 0 Å². The molecule has 1 aliphatic rings. The van der Waals surface area contributed by atoms with Crippen molar-refractivity contribution in [2.45, 2.75) is 19.1 Å². The van der Waals surface area contributed by atoms with Crippen LogP contribution < -0.4 is 15.4 Å². The first-order valence-electron chi connectivity index (χ1n) is 7.58. The normalized spacial score (nSPS) is 17.2. The van der Waals surface area contributed by atoms with Gasteiger partial charge in [-0.1, -0.05) is 30.3 Å². The average molecular weight is 326 g/mol. The second-order valence-electron chi connectivity index (χ2n) is 5.48. The quantitative estimate of drug-likeness (QED) is 0.906. The van der Waals surface area contributed by atoms with Crippen LogP contribution in [0.1, 0.15) is 18.6 Å². The molecule has 6 heteroatoms. The molecule has 0 spiro atoms. The van der Waals surface area contributed by atoms with E-state index in [1.165, 1.54) is 7.11 Å². The summed E-state index contributed by atoms with van der Waals surface area (Å²) in [5.41, 5.74) is 1.85. The van der Waals surface area contributed by atoms with Gasteiger partial charge < -0.3 is 20.1 Å². The van der Waals surface area contributed by atoms with Gasteiger partial charge >= 0.3 is 0 Å². The number of hydrogen-bond donors (Lipinski definition) is 2. The number of carbonyl (C=O) groups excluding carboxylic acids is 2. The van der Waals surface area contributed by atoms with Crippen molar-refractivity contribution in [2.24, 2.45) is 0 Å². The molecule has 0 aromatic heterocycles. The first-order chi connectivity index (χ1) is 11.6. The number of carbonyl (C=O) groups is 2. The lowest BCUT2D eigenvalue weighted by atomic mass is 10.1. The number of rotatable bonds is 4. The predicted octanol–water partition coefficient (Wildman–Crippen LogP) is 2.73. The number of fused-ring (bicyclic) bond motifs is 1. The van der Waals surface area contributed by atoms with Crippen LogP contribution in [0.2, 0.25) is 0 Å². The lowest BCUT2D eigenvalue weighted by Gasteiger charge is -2.24. The van der Waals surface area contributed by atoms with E-state index < -0.39 is 12.2 Å². The summed E-state index contributed by atoms with van der Waals surface area (Å²) in [5, 5.41) is 5.55. The van der Waals surface area contributed by atoms with Crippen molar-refractivity contribution in [3.8, 4) is 5.75 Å². The van der Waals surface area contributed by atoms with E-state index >= 15 is 0 Å². The number of ether oxygens (including phenoxy) is 2. The van der Waals surface area contributed by atoms with Crippen molar-refractivity contribution in [2.75, 3.05) is 17.7 Å². The van der Waals surface area contributed by atoms with Gasteiger partial charge in [-0.3, -0.25) is 9.59 Å². The molecular weight excluding hydrogens is 308 g/mol. The van der Waals surface area contributed by atoms with E-state index in [-0.39, 0.29) is 11.8 Å². The Morgan fingerprint density at radius 3 is 2.71 bits per heavy atom. The van der Waals surface area contributed by atoms with E-state index in [1.807, 2.05) is 30.3 Å². The summed E-state index contributed by atoms with van der Waals surface area (Å²) >= 11 is 0. The van der Waals surface area contributed by atoms with Crippen LogP contribution in [0.15, 0.2) is 48.5 Å². The Morgan fingerprint density at radius 2 is 2.00 bits per heavy atom. The molecule has 2 N–H and O–H groups in total. The largest absolute Gasteiger partial charge is 0.479 e. The Balaban J connectivity index is 1.77. The number of nitrogens with one attached hydrogen (secondary N) is 2. The molecule has 2 aromatic carbocycles. The Kier molecular flexibility index (Phi) is 4.48. The zero-order valence-electron chi connectivity index (χ0n) is 13.4. The average Bonchev–Trinajstić information content (AvgIpc) is 2.58. The van der Waals surface area contributed by atoms with Crippen molar-refractivity contribution in [1.82, 2.24) is 0 Å². The van der Waals surface area contributed by atoms with Crippen LogP contribution >= 0.6 is 0 Å². The van der Waals surface area contributed by atoms with Crippen molar-refractivity contribution in [3.05, 3.63) is 54.1 Å². The summed E-state index contributed by atoms with van der Waals surface area (Å²) in [5.74, 6) is 0.0663. The van der Waals surface area contributed by atoms with Gasteiger partial charge in [-0.05, 0) is 30.7 Å². The Labute approximate surface area is 139 Å². The van der Waals surface area contributed by atoms with Crippen LogP contribution in [0, 0.1) is 0 Å². The van der Waals surface area contributed by atoms with Crippen LogP contribution in [-0.2, 0) is 14.3 Å². The molecule has 0 saturated carbocycles. The fourth-order valence-electron chi connectivity index (χ4n) is 2.52. The molecule has 124 valence electrons. The van der Waals surface area contributed by atoms with Gasteiger partial charge in [0.05, 0.1) is 5.69 Å². The number of methoxy groups -OCH3 is 1. The highest BCUT2D eigenvalue weighted by Gasteiger charge is 2.24. The molecule has 0 fully saturated rings. The zero-order valence-corrected chi connectivity index (χ0v) is 13.4. The van der Waals surface area contributed by atoms with Crippen LogP contribution in [0.5, 0.6) is 5.75 Å². The van der Waals surface area contributed by atoms with Crippen LogP contribution in [-0.4, -0.2) is 25.0 Å². The molecule has 0 bridgehead atoms. The molecule has 1 aliphatic heterocycles. The van der Waals surface area contributed by atoms with E-state index in [0.29, 0.717) is 17.1 Å². The molecule has 2 unspecified atom stereocenters. The number of hydrogen-bond acceptors (Lipinski definition) is 4. The molecule has 0 aliphatic carbocycles. The number of benzene rings is 2. The molecule has 2 aromatic rings. The highest BCUT2D eigenvalue weighted by Crippen LogP contribution is 2.32. The van der Waals surface area contributed by atoms with Gasteiger partial charge in [0, 0.05) is 12.8 Å². The number of anilines is 2. The van der Waals surface area contributed by atoms with E-state index in [4.69, 9.17) is 9.47 Å². The highest BCUT2D eigenvalue weighted by atomic mass is 16.5. The molecule has 6 nitrogen and oxygen atoms in total. The van der Waals surface area contributed by atoms with Gasteiger partial charge in [-0.2, -0.15) is 0 Å². The second-order valence-corrected chi connectivity index (χ2v) is 5.48. The van der Waals surface area contributed by atoms with E-state index in [0.717, 1.165) is 5.56 Å². The summed E-state index contributed by atoms with van der Waals surface area (Å²) in [4.78, 5) is 24.2. The van der Waals surface area contributed by atoms with E-state index in [9.17, 15) is 9.59 Å². The van der Waals surface area contributed by atoms with E-state index in [1.54, 1.807) is 25.1 Å². The lowest BCUT2D eigenvalue weighted by Crippen LogP contribution is -2.34. The van der Waals surface area contributed by atoms with Gasteiger partial charge in [-0.25, -0.2) is 0 Å². The summed E-state index contributed by atoms with van der Waals surface area (Å²) in [6, 6.07) is 14.3. The van der Waals surface area contributed by atoms with Crippen molar-refractivity contribution < 1.29 is 19.1 Å². The number of amides is 2. The molecule has 2 amide bonds. The molecular formula is C18H18N2O4. The summed E-state index contributed by atoms with van der Waals surface area (Å²) in [6.45, 7) is 1.68. The first kappa shape index (κ1) is 16.0. The van der Waals surface area contributed by atoms with Gasteiger partial charge in [0.1, 0.15) is 5.75 Å². The van der Waals surface area contributed by atoms with E-state index in [2.05, 4.69) is 10.6 Å². The third-order valence-corrected chi connectivity index (χ3v) is 3.75. The van der Waals surface area contributed by atoms with Gasteiger partial charge in [0.15, 0.2) is 12.2 Å². The lowest BCUT2D eigenvalue weighted by molar-refractivity contribution is -0.126. The minimum absolute atomic E-state index is 0.218. The summed E-state index contributed by atoms with van der Waals surface area (Å²) in [6.07, 6.45) is -1.25. The smallest absolute Gasteiger partial charge is 0.265 e.